The number of carbonyl (C=O) groups is 1. The van der Waals surface area contributed by atoms with Crippen molar-refractivity contribution in [1.82, 2.24) is 4.31 Å². The number of morpholine rings is 1. The monoisotopic (exact) mass is 285 g/mol. The van der Waals surface area contributed by atoms with Crippen LogP contribution in [-0.2, 0) is 19.6 Å². The Balaban J connectivity index is 2.43. The first-order valence-corrected chi connectivity index (χ1v) is 7.12. The Morgan fingerprint density at radius 3 is 2.68 bits per heavy atom. The lowest BCUT2D eigenvalue weighted by Gasteiger charge is -2.32. The van der Waals surface area contributed by atoms with Crippen molar-refractivity contribution in [2.24, 2.45) is 5.73 Å². The van der Waals surface area contributed by atoms with Crippen LogP contribution in [0.3, 0.4) is 0 Å². The van der Waals surface area contributed by atoms with Crippen LogP contribution in [0.25, 0.3) is 0 Å². The zero-order chi connectivity index (χ0) is 14.0. The van der Waals surface area contributed by atoms with E-state index in [-0.39, 0.29) is 30.3 Å². The number of sulfonamides is 1. The molecule has 0 aliphatic carbocycles. The number of rotatable bonds is 3. The van der Waals surface area contributed by atoms with E-state index in [0.29, 0.717) is 0 Å². The fraction of sp³-hybridized carbons (Fsp3) is 0.364. The Bertz CT molecular complexity index is 587. The summed E-state index contributed by atoms with van der Waals surface area (Å²) < 4.78 is 31.2. The molecule has 7 nitrogen and oxygen atoms in total. The van der Waals surface area contributed by atoms with Gasteiger partial charge in [-0.3, -0.25) is 4.79 Å². The molecule has 1 aromatic rings. The molecule has 0 aromatic heterocycles. The van der Waals surface area contributed by atoms with Crippen LogP contribution >= 0.6 is 0 Å². The second kappa shape index (κ2) is 5.16. The van der Waals surface area contributed by atoms with Crippen molar-refractivity contribution in [3.8, 4) is 0 Å². The number of nitrogens with zero attached hydrogens (tertiary/aromatic N) is 1. The number of nitrogens with two attached hydrogens (primary N) is 2. The second-order valence-corrected chi connectivity index (χ2v) is 6.01. The summed E-state index contributed by atoms with van der Waals surface area (Å²) in [6, 6.07) is 5.10. The summed E-state index contributed by atoms with van der Waals surface area (Å²) in [5.41, 5.74) is 11.0. The van der Waals surface area contributed by atoms with Crippen molar-refractivity contribution >= 4 is 21.6 Å². The summed E-state index contributed by atoms with van der Waals surface area (Å²) in [5.74, 6) is -0.738. The molecule has 2 rings (SSSR count). The minimum Gasteiger partial charge on any atom is -0.398 e. The molecule has 1 aliphatic heterocycles. The van der Waals surface area contributed by atoms with Crippen molar-refractivity contribution < 1.29 is 17.9 Å². The Kier molecular flexibility index (Phi) is 3.74. The SMILES string of the molecule is NC(=O)C1COCCN1S(=O)(=O)c1ccccc1N. The van der Waals surface area contributed by atoms with E-state index in [1.54, 1.807) is 12.1 Å². The van der Waals surface area contributed by atoms with Crippen LogP contribution < -0.4 is 11.5 Å². The topological polar surface area (TPSA) is 116 Å². The standard InChI is InChI=1S/C11H15N3O4S/c12-8-3-1-2-4-10(8)19(16,17)14-5-6-18-7-9(14)11(13)15/h1-4,9H,5-7,12H2,(H2,13,15). The molecule has 0 spiro atoms. The van der Waals surface area contributed by atoms with Gasteiger partial charge in [-0.2, -0.15) is 4.31 Å². The van der Waals surface area contributed by atoms with Gasteiger partial charge in [0.25, 0.3) is 0 Å². The molecule has 0 radical (unpaired) electrons. The number of nitrogen functional groups attached to an aromatic ring is 1. The van der Waals surface area contributed by atoms with Gasteiger partial charge in [0.2, 0.25) is 15.9 Å². The highest BCUT2D eigenvalue weighted by Gasteiger charge is 2.37. The molecule has 1 aromatic carbocycles. The molecule has 1 saturated heterocycles. The fourth-order valence-electron chi connectivity index (χ4n) is 1.94. The molecule has 4 N–H and O–H groups in total. The molecule has 1 heterocycles. The number of benzene rings is 1. The van der Waals surface area contributed by atoms with Gasteiger partial charge in [0, 0.05) is 6.54 Å². The highest BCUT2D eigenvalue weighted by Crippen LogP contribution is 2.24. The Labute approximate surface area is 111 Å². The molecule has 0 saturated carbocycles. The Morgan fingerprint density at radius 1 is 1.37 bits per heavy atom. The van der Waals surface area contributed by atoms with Crippen LogP contribution in [0.15, 0.2) is 29.2 Å². The first-order valence-electron chi connectivity index (χ1n) is 5.68. The van der Waals surface area contributed by atoms with E-state index in [4.69, 9.17) is 16.2 Å². The van der Waals surface area contributed by atoms with Crippen molar-refractivity contribution in [3.63, 3.8) is 0 Å². The second-order valence-electron chi connectivity index (χ2n) is 4.15. The molecule has 1 unspecified atom stereocenters. The number of anilines is 1. The maximum absolute atomic E-state index is 12.5. The van der Waals surface area contributed by atoms with Crippen LogP contribution in [0.4, 0.5) is 5.69 Å². The highest BCUT2D eigenvalue weighted by molar-refractivity contribution is 7.89. The molecule has 19 heavy (non-hydrogen) atoms. The van der Waals surface area contributed by atoms with Crippen LogP contribution in [0.5, 0.6) is 0 Å². The summed E-state index contributed by atoms with van der Waals surface area (Å²) in [6.07, 6.45) is 0. The van der Waals surface area contributed by atoms with E-state index < -0.39 is 22.0 Å². The predicted molar refractivity (Wildman–Crippen MR) is 68.5 cm³/mol. The third-order valence-electron chi connectivity index (χ3n) is 2.91. The molecule has 8 heteroatoms. The number of amides is 1. The largest absolute Gasteiger partial charge is 0.398 e. The van der Waals surface area contributed by atoms with Gasteiger partial charge in [0.15, 0.2) is 0 Å². The number of para-hydroxylation sites is 1. The van der Waals surface area contributed by atoms with E-state index in [1.165, 1.54) is 12.1 Å². The van der Waals surface area contributed by atoms with Crippen LogP contribution in [0.2, 0.25) is 0 Å². The van der Waals surface area contributed by atoms with Crippen molar-refractivity contribution in [3.05, 3.63) is 24.3 Å². The van der Waals surface area contributed by atoms with Crippen LogP contribution in [0.1, 0.15) is 0 Å². The van der Waals surface area contributed by atoms with Gasteiger partial charge in [0.1, 0.15) is 10.9 Å². The van der Waals surface area contributed by atoms with Gasteiger partial charge in [-0.1, -0.05) is 12.1 Å². The summed E-state index contributed by atoms with van der Waals surface area (Å²) >= 11 is 0. The normalized spacial score (nSPS) is 21.2. The first-order chi connectivity index (χ1) is 8.94. The number of hydrogen-bond acceptors (Lipinski definition) is 5. The molecule has 104 valence electrons. The number of carbonyl (C=O) groups excluding carboxylic acids is 1. The molecule has 1 aliphatic rings. The zero-order valence-electron chi connectivity index (χ0n) is 10.2. The van der Waals surface area contributed by atoms with E-state index >= 15 is 0 Å². The van der Waals surface area contributed by atoms with Gasteiger partial charge in [-0.05, 0) is 12.1 Å². The van der Waals surface area contributed by atoms with Gasteiger partial charge in [0.05, 0.1) is 18.9 Å². The summed E-state index contributed by atoms with van der Waals surface area (Å²) in [4.78, 5) is 11.3. The maximum Gasteiger partial charge on any atom is 0.246 e. The van der Waals surface area contributed by atoms with Crippen LogP contribution in [0, 0.1) is 0 Å². The van der Waals surface area contributed by atoms with Gasteiger partial charge in [-0.25, -0.2) is 8.42 Å². The Hall–Kier alpha value is -1.64. The minimum absolute atomic E-state index is 0.0249. The van der Waals surface area contributed by atoms with Crippen molar-refractivity contribution in [2.45, 2.75) is 10.9 Å². The average molecular weight is 285 g/mol. The smallest absolute Gasteiger partial charge is 0.246 e. The quantitative estimate of drug-likeness (QED) is 0.701. The van der Waals surface area contributed by atoms with Crippen molar-refractivity contribution in [2.75, 3.05) is 25.5 Å². The molecular weight excluding hydrogens is 270 g/mol. The van der Waals surface area contributed by atoms with E-state index in [2.05, 4.69) is 0 Å². The molecular formula is C11H15N3O4S. The van der Waals surface area contributed by atoms with E-state index in [1.807, 2.05) is 0 Å². The van der Waals surface area contributed by atoms with E-state index in [0.717, 1.165) is 4.31 Å². The Morgan fingerprint density at radius 2 is 2.05 bits per heavy atom. The average Bonchev–Trinajstić information content (AvgIpc) is 2.39. The fourth-order valence-corrected chi connectivity index (χ4v) is 3.63. The molecule has 1 atom stereocenters. The minimum atomic E-state index is -3.86. The lowest BCUT2D eigenvalue weighted by molar-refractivity contribution is -0.125. The van der Waals surface area contributed by atoms with Crippen LogP contribution in [-0.4, -0.2) is 44.4 Å². The number of primary amides is 1. The van der Waals surface area contributed by atoms with Gasteiger partial charge in [-0.15, -0.1) is 0 Å². The summed E-state index contributed by atoms with van der Waals surface area (Å²) in [5, 5.41) is 0. The summed E-state index contributed by atoms with van der Waals surface area (Å²) in [6.45, 7) is 0.251. The third kappa shape index (κ3) is 2.55. The number of ether oxygens (including phenoxy) is 1. The van der Waals surface area contributed by atoms with Gasteiger partial charge < -0.3 is 16.2 Å². The lowest BCUT2D eigenvalue weighted by atomic mass is 10.3. The third-order valence-corrected chi connectivity index (χ3v) is 4.90. The van der Waals surface area contributed by atoms with E-state index in [9.17, 15) is 13.2 Å². The first kappa shape index (κ1) is 13.8. The predicted octanol–water partition coefficient (Wildman–Crippen LogP) is -0.856. The zero-order valence-corrected chi connectivity index (χ0v) is 11.0. The van der Waals surface area contributed by atoms with Crippen molar-refractivity contribution in [1.29, 1.82) is 0 Å². The molecule has 1 amide bonds. The lowest BCUT2D eigenvalue weighted by Crippen LogP contribution is -2.54. The number of hydrogen-bond donors (Lipinski definition) is 2. The molecule has 0 bridgehead atoms. The van der Waals surface area contributed by atoms with Gasteiger partial charge >= 0.3 is 0 Å². The summed E-state index contributed by atoms with van der Waals surface area (Å²) in [7, 11) is -3.86. The highest BCUT2D eigenvalue weighted by atomic mass is 32.2. The maximum atomic E-state index is 12.5. The molecule has 1 fully saturated rings.